The number of thiophene rings is 1. The highest BCUT2D eigenvalue weighted by molar-refractivity contribution is 7.07. The van der Waals surface area contributed by atoms with Crippen LogP contribution < -0.4 is 21.2 Å². The molecule has 15 heavy (non-hydrogen) atoms. The quantitative estimate of drug-likeness (QED) is 0.618. The first-order valence-electron chi connectivity index (χ1n) is 4.20. The van der Waals surface area contributed by atoms with Crippen LogP contribution in [-0.4, -0.2) is 10.1 Å². The lowest BCUT2D eigenvalue weighted by atomic mass is 10.3. The molecule has 1 heterocycles. The van der Waals surface area contributed by atoms with Crippen molar-refractivity contribution in [3.05, 3.63) is 53.1 Å². The molecule has 0 saturated heterocycles. The van der Waals surface area contributed by atoms with E-state index in [1.807, 2.05) is 18.2 Å². The lowest BCUT2D eigenvalue weighted by molar-refractivity contribution is -0.729. The van der Waals surface area contributed by atoms with Crippen molar-refractivity contribution in [2.75, 3.05) is 0 Å². The highest BCUT2D eigenvalue weighted by Gasteiger charge is 2.19. The van der Waals surface area contributed by atoms with Crippen molar-refractivity contribution >= 4 is 17.0 Å². The third-order valence-corrected chi connectivity index (χ3v) is 5.90. The molecule has 2 aromatic rings. The molecule has 1 aromatic carbocycles. The fraction of sp³-hybridized carbons (Fsp3) is 0. The van der Waals surface area contributed by atoms with Crippen LogP contribution in [-0.2, 0) is 0 Å². The minimum atomic E-state index is -0.150. The Morgan fingerprint density at radius 3 is 2.47 bits per heavy atom. The SMILES string of the molecule is O=[N+](O)c1ccc([I+]c2cccs2)cc1. The fourth-order valence-electron chi connectivity index (χ4n) is 1.05. The molecule has 0 amide bonds. The third-order valence-electron chi connectivity index (χ3n) is 1.74. The monoisotopic (exact) mass is 333 g/mol. The van der Waals surface area contributed by atoms with Crippen LogP contribution in [0.4, 0.5) is 5.69 Å². The van der Waals surface area contributed by atoms with Gasteiger partial charge in [-0.05, 0) is 23.6 Å². The maximum Gasteiger partial charge on any atom is 0.369 e. The Balaban J connectivity index is 2.14. The number of halogens is 1. The zero-order valence-electron chi connectivity index (χ0n) is 7.63. The van der Waals surface area contributed by atoms with Gasteiger partial charge in [0.15, 0.2) is 3.57 Å². The van der Waals surface area contributed by atoms with Gasteiger partial charge in [-0.15, -0.1) is 0 Å². The molecule has 76 valence electrons. The largest absolute Gasteiger partial charge is 0.369 e. The van der Waals surface area contributed by atoms with Gasteiger partial charge in [0.2, 0.25) is 2.88 Å². The van der Waals surface area contributed by atoms with Gasteiger partial charge in [0.25, 0.3) is 4.92 Å². The first kappa shape index (κ1) is 10.6. The molecule has 0 spiro atoms. The summed E-state index contributed by atoms with van der Waals surface area (Å²) in [6.07, 6.45) is 0. The molecule has 0 atom stereocenters. The smallest absolute Gasteiger partial charge is 0.241 e. The first-order chi connectivity index (χ1) is 7.25. The summed E-state index contributed by atoms with van der Waals surface area (Å²) in [7, 11) is 0. The van der Waals surface area contributed by atoms with Gasteiger partial charge in [-0.25, -0.2) is 5.21 Å². The van der Waals surface area contributed by atoms with Crippen molar-refractivity contribution in [1.82, 2.24) is 0 Å². The van der Waals surface area contributed by atoms with Gasteiger partial charge in [-0.3, -0.25) is 0 Å². The number of benzene rings is 1. The Morgan fingerprint density at radius 1 is 1.20 bits per heavy atom. The van der Waals surface area contributed by atoms with Crippen LogP contribution in [0.15, 0.2) is 41.8 Å². The molecule has 0 saturated carbocycles. The molecular weight excluding hydrogens is 325 g/mol. The Hall–Kier alpha value is -0.950. The van der Waals surface area contributed by atoms with Gasteiger partial charge in [0.1, 0.15) is 0 Å². The maximum absolute atomic E-state index is 10.6. The fourth-order valence-corrected chi connectivity index (χ4v) is 4.68. The van der Waals surface area contributed by atoms with E-state index < -0.39 is 0 Å². The predicted octanol–water partition coefficient (Wildman–Crippen LogP) is -0.324. The Labute approximate surface area is 101 Å². The Morgan fingerprint density at radius 2 is 1.93 bits per heavy atom. The standard InChI is InChI=1S/C10H8INO2S/c13-12(14)9-5-3-8(4-6-9)11-10-2-1-7-15-10/h1-7H,(H,13,14)/q+2. The molecule has 2 rings (SSSR count). The van der Waals surface area contributed by atoms with Gasteiger partial charge in [-0.1, -0.05) is 11.3 Å². The van der Waals surface area contributed by atoms with Crippen molar-refractivity contribution in [2.45, 2.75) is 0 Å². The number of hydrogen-bond donors (Lipinski definition) is 1. The van der Waals surface area contributed by atoms with E-state index in [1.165, 1.54) is 6.45 Å². The van der Waals surface area contributed by atoms with E-state index in [0.29, 0.717) is 0 Å². The first-order valence-corrected chi connectivity index (χ1v) is 7.24. The average molecular weight is 333 g/mol. The summed E-state index contributed by atoms with van der Waals surface area (Å²) >= 11 is 1.61. The maximum atomic E-state index is 10.6. The van der Waals surface area contributed by atoms with E-state index >= 15 is 0 Å². The van der Waals surface area contributed by atoms with E-state index in [2.05, 4.69) is 11.4 Å². The molecule has 1 N–H and O–H groups in total. The number of hydrogen-bond acceptors (Lipinski definition) is 2. The van der Waals surface area contributed by atoms with Crippen molar-refractivity contribution in [1.29, 1.82) is 0 Å². The van der Waals surface area contributed by atoms with Crippen LogP contribution in [0.1, 0.15) is 0 Å². The van der Waals surface area contributed by atoms with E-state index in [-0.39, 0.29) is 31.8 Å². The molecule has 0 aliphatic rings. The van der Waals surface area contributed by atoms with E-state index in [0.717, 1.165) is 0 Å². The predicted molar refractivity (Wildman–Crippen MR) is 53.2 cm³/mol. The minimum absolute atomic E-state index is 0.118. The summed E-state index contributed by atoms with van der Waals surface area (Å²) < 4.78 is 2.63. The third kappa shape index (κ3) is 2.75. The van der Waals surface area contributed by atoms with Gasteiger partial charge in [-0.2, -0.15) is 0 Å². The van der Waals surface area contributed by atoms with Gasteiger partial charge >= 0.3 is 26.9 Å². The molecule has 0 bridgehead atoms. The number of rotatable bonds is 3. The summed E-state index contributed by atoms with van der Waals surface area (Å²) in [6.45, 7) is 0. The van der Waals surface area contributed by atoms with E-state index in [4.69, 9.17) is 5.21 Å². The molecule has 3 nitrogen and oxygen atoms in total. The zero-order chi connectivity index (χ0) is 10.7. The van der Waals surface area contributed by atoms with E-state index in [9.17, 15) is 4.91 Å². The van der Waals surface area contributed by atoms with Gasteiger partial charge in [0.05, 0.1) is 4.91 Å². The Bertz CT molecular complexity index is 453. The Kier molecular flexibility index (Phi) is 3.32. The summed E-state index contributed by atoms with van der Waals surface area (Å²) in [4.78, 5) is 10.4. The van der Waals surface area contributed by atoms with Crippen LogP contribution in [0.5, 0.6) is 0 Å². The summed E-state index contributed by atoms with van der Waals surface area (Å²) in [6, 6.07) is 11.2. The normalized spacial score (nSPS) is 10.1. The second kappa shape index (κ2) is 4.71. The summed E-state index contributed by atoms with van der Waals surface area (Å²) in [5.74, 6) is 0. The molecule has 0 radical (unpaired) electrons. The topological polar surface area (TPSA) is 40.3 Å². The van der Waals surface area contributed by atoms with Gasteiger partial charge < -0.3 is 0 Å². The van der Waals surface area contributed by atoms with Crippen molar-refractivity contribution < 1.29 is 31.3 Å². The molecular formula is C10H8INO2S+2. The van der Waals surface area contributed by atoms with Crippen LogP contribution in [0.25, 0.3) is 0 Å². The molecule has 5 heteroatoms. The second-order valence-electron chi connectivity index (χ2n) is 2.76. The second-order valence-corrected chi connectivity index (χ2v) is 7.39. The average Bonchev–Trinajstić information content (AvgIpc) is 2.71. The minimum Gasteiger partial charge on any atom is -0.241 e. The summed E-state index contributed by atoms with van der Waals surface area (Å²) in [5.41, 5.74) is 0.272. The zero-order valence-corrected chi connectivity index (χ0v) is 10.6. The molecule has 0 aliphatic heterocycles. The lowest BCUT2D eigenvalue weighted by Crippen LogP contribution is -3.61. The van der Waals surface area contributed by atoms with Crippen LogP contribution in [0, 0.1) is 11.4 Å². The molecule has 1 aromatic heterocycles. The molecule has 0 unspecified atom stereocenters. The van der Waals surface area contributed by atoms with Crippen molar-refractivity contribution in [2.24, 2.45) is 0 Å². The summed E-state index contributed by atoms with van der Waals surface area (Å²) in [5, 5.41) is 10.7. The lowest BCUT2D eigenvalue weighted by Gasteiger charge is -1.83. The molecule has 0 fully saturated rings. The molecule has 0 aliphatic carbocycles. The highest BCUT2D eigenvalue weighted by atomic mass is 127. The van der Waals surface area contributed by atoms with E-state index in [1.54, 1.807) is 23.5 Å². The van der Waals surface area contributed by atoms with Gasteiger partial charge in [0, 0.05) is 18.2 Å². The van der Waals surface area contributed by atoms with Crippen LogP contribution in [0.3, 0.4) is 0 Å². The number of nitrogens with zero attached hydrogens (tertiary/aromatic N) is 1. The highest BCUT2D eigenvalue weighted by Crippen LogP contribution is 2.06. The van der Waals surface area contributed by atoms with Crippen LogP contribution >= 0.6 is 11.3 Å². The van der Waals surface area contributed by atoms with Crippen molar-refractivity contribution in [3.8, 4) is 0 Å². The van der Waals surface area contributed by atoms with Crippen LogP contribution in [0.2, 0.25) is 0 Å². The van der Waals surface area contributed by atoms with Crippen molar-refractivity contribution in [3.63, 3.8) is 0 Å².